The molecule has 0 aliphatic rings. The SMILES string of the molecule is CCCCCCCCC/C=C/C=C/C=C/C=C/C=C/C(=O)[O-].CCCCCCCCC/C=C/C=C/C=C/C=C/C=C/C(=O)[O-].[Ba+2]. The first-order valence-electron chi connectivity index (χ1n) is 16.6. The Morgan fingerprint density at radius 2 is 0.622 bits per heavy atom. The van der Waals surface area contributed by atoms with Crippen LogP contribution in [0.1, 0.15) is 117 Å². The summed E-state index contributed by atoms with van der Waals surface area (Å²) in [4.78, 5) is 20.2. The van der Waals surface area contributed by atoms with Crippen molar-refractivity contribution in [1.82, 2.24) is 0 Å². The van der Waals surface area contributed by atoms with Crippen LogP contribution < -0.4 is 10.2 Å². The first-order valence-corrected chi connectivity index (χ1v) is 16.6. The van der Waals surface area contributed by atoms with E-state index in [-0.39, 0.29) is 48.9 Å². The number of allylic oxidation sites excluding steroid dienone is 18. The van der Waals surface area contributed by atoms with Crippen LogP contribution >= 0.6 is 0 Å². The third-order valence-corrected chi connectivity index (χ3v) is 6.24. The fourth-order valence-electron chi connectivity index (χ4n) is 3.83. The second-order valence-electron chi connectivity index (χ2n) is 10.3. The van der Waals surface area contributed by atoms with Crippen molar-refractivity contribution in [3.63, 3.8) is 0 Å². The minimum atomic E-state index is -1.18. The van der Waals surface area contributed by atoms with Gasteiger partial charge in [0.15, 0.2) is 0 Å². The largest absolute Gasteiger partial charge is 2.00 e. The van der Waals surface area contributed by atoms with Gasteiger partial charge in [0.2, 0.25) is 0 Å². The Balaban J connectivity index is -0.000000767. The molecule has 244 valence electrons. The second-order valence-corrected chi connectivity index (χ2v) is 10.3. The molecule has 0 atom stereocenters. The van der Waals surface area contributed by atoms with Crippen LogP contribution in [0.3, 0.4) is 0 Å². The van der Waals surface area contributed by atoms with Crippen molar-refractivity contribution in [3.8, 4) is 0 Å². The van der Waals surface area contributed by atoms with Gasteiger partial charge in [-0.05, 0) is 37.8 Å². The molecule has 0 saturated carbocycles. The van der Waals surface area contributed by atoms with E-state index in [1.54, 1.807) is 24.3 Å². The van der Waals surface area contributed by atoms with Gasteiger partial charge in [-0.3, -0.25) is 0 Å². The summed E-state index contributed by atoms with van der Waals surface area (Å²) in [6.45, 7) is 4.50. The van der Waals surface area contributed by atoms with Crippen LogP contribution in [0.2, 0.25) is 0 Å². The summed E-state index contributed by atoms with van der Waals surface area (Å²) in [5, 5.41) is 20.2. The van der Waals surface area contributed by atoms with Gasteiger partial charge in [-0.2, -0.15) is 0 Å². The molecule has 4 nitrogen and oxygen atoms in total. The third-order valence-electron chi connectivity index (χ3n) is 6.24. The molecular weight excluding hydrogens is 682 g/mol. The van der Waals surface area contributed by atoms with E-state index in [1.807, 2.05) is 48.6 Å². The van der Waals surface area contributed by atoms with Crippen LogP contribution in [-0.4, -0.2) is 60.8 Å². The quantitative estimate of drug-likeness (QED) is 0.0384. The van der Waals surface area contributed by atoms with Gasteiger partial charge in [0.1, 0.15) is 0 Å². The van der Waals surface area contributed by atoms with Crippen LogP contribution in [0.5, 0.6) is 0 Å². The van der Waals surface area contributed by atoms with Crippen LogP contribution in [0, 0.1) is 0 Å². The van der Waals surface area contributed by atoms with Crippen molar-refractivity contribution < 1.29 is 19.8 Å². The molecule has 0 aromatic rings. The van der Waals surface area contributed by atoms with Crippen molar-refractivity contribution in [3.05, 3.63) is 122 Å². The number of hydrogen-bond acceptors (Lipinski definition) is 4. The van der Waals surface area contributed by atoms with Crippen molar-refractivity contribution in [2.75, 3.05) is 0 Å². The van der Waals surface area contributed by atoms with E-state index >= 15 is 0 Å². The zero-order chi connectivity index (χ0) is 32.6. The molecule has 45 heavy (non-hydrogen) atoms. The molecule has 0 bridgehead atoms. The van der Waals surface area contributed by atoms with E-state index < -0.39 is 11.9 Å². The van der Waals surface area contributed by atoms with Crippen LogP contribution in [0.4, 0.5) is 0 Å². The Morgan fingerprint density at radius 3 is 0.911 bits per heavy atom. The maximum absolute atomic E-state index is 10.1. The van der Waals surface area contributed by atoms with E-state index in [9.17, 15) is 19.8 Å². The average molecular weight is 740 g/mol. The summed E-state index contributed by atoms with van der Waals surface area (Å²) in [6.07, 6.45) is 56.8. The zero-order valence-corrected chi connectivity index (χ0v) is 32.6. The minimum absolute atomic E-state index is 0. The molecule has 0 aromatic heterocycles. The molecular formula is C40H58BaO4. The number of carboxylic acid groups (broad SMARTS) is 2. The molecule has 0 N–H and O–H groups in total. The topological polar surface area (TPSA) is 80.3 Å². The molecule has 0 aliphatic heterocycles. The van der Waals surface area contributed by atoms with E-state index in [2.05, 4.69) is 38.2 Å². The van der Waals surface area contributed by atoms with Crippen LogP contribution in [0.15, 0.2) is 122 Å². The third kappa shape index (κ3) is 51.8. The van der Waals surface area contributed by atoms with Gasteiger partial charge in [0, 0.05) is 0 Å². The summed E-state index contributed by atoms with van der Waals surface area (Å²) >= 11 is 0. The Hall–Kier alpha value is -2.09. The molecule has 0 amide bonds. The van der Waals surface area contributed by atoms with Crippen LogP contribution in [-0.2, 0) is 9.59 Å². The van der Waals surface area contributed by atoms with Gasteiger partial charge in [0.05, 0.1) is 11.9 Å². The standard InChI is InChI=1S/2C20H30O2.Ba/c2*1-2-3-4-5-6-7-8-9-10-11-12-13-14-15-16-17-18-19-20(21)22;/h2*10-19H,2-9H2,1H3,(H,21,22);/q;;+2/p-2/b2*11-10+,13-12+,15-14+,17-16+,19-18+;. The van der Waals surface area contributed by atoms with Crippen molar-refractivity contribution in [2.45, 2.75) is 117 Å². The smallest absolute Gasteiger partial charge is 0.545 e. The predicted molar refractivity (Wildman–Crippen MR) is 192 cm³/mol. The number of hydrogen-bond donors (Lipinski definition) is 0. The summed E-state index contributed by atoms with van der Waals surface area (Å²) in [7, 11) is 0. The summed E-state index contributed by atoms with van der Waals surface area (Å²) < 4.78 is 0. The number of unbranched alkanes of at least 4 members (excludes halogenated alkanes) is 14. The summed E-state index contributed by atoms with van der Waals surface area (Å²) in [5.41, 5.74) is 0. The fraction of sp³-hybridized carbons (Fsp3) is 0.450. The molecule has 0 spiro atoms. The van der Waals surface area contributed by atoms with Gasteiger partial charge in [-0.15, -0.1) is 0 Å². The number of aliphatic carboxylic acids is 2. The Morgan fingerprint density at radius 1 is 0.378 bits per heavy atom. The number of carbonyl (C=O) groups excluding carboxylic acids is 2. The first kappa shape index (κ1) is 47.3. The van der Waals surface area contributed by atoms with Gasteiger partial charge in [0.25, 0.3) is 0 Å². The van der Waals surface area contributed by atoms with E-state index in [1.165, 1.54) is 102 Å². The molecule has 0 fully saturated rings. The molecule has 0 heterocycles. The Bertz CT molecular complexity index is 881. The Kier molecular flexibility index (Phi) is 46.3. The summed E-state index contributed by atoms with van der Waals surface area (Å²) in [5.74, 6) is -2.36. The van der Waals surface area contributed by atoms with Crippen LogP contribution in [0.25, 0.3) is 0 Å². The summed E-state index contributed by atoms with van der Waals surface area (Å²) in [6, 6.07) is 0. The molecule has 0 rings (SSSR count). The second kappa shape index (κ2) is 44.0. The van der Waals surface area contributed by atoms with Crippen molar-refractivity contribution in [2.24, 2.45) is 0 Å². The average Bonchev–Trinajstić information content (AvgIpc) is 3.00. The monoisotopic (exact) mass is 740 g/mol. The maximum Gasteiger partial charge on any atom is 2.00 e. The molecule has 0 saturated heterocycles. The van der Waals surface area contributed by atoms with Gasteiger partial charge < -0.3 is 19.8 Å². The fourth-order valence-corrected chi connectivity index (χ4v) is 3.83. The maximum atomic E-state index is 10.1. The molecule has 0 radical (unpaired) electrons. The molecule has 0 aromatic carbocycles. The van der Waals surface area contributed by atoms with E-state index in [0.717, 1.165) is 25.0 Å². The van der Waals surface area contributed by atoms with Gasteiger partial charge in [-0.1, -0.05) is 200 Å². The molecule has 5 heteroatoms. The normalized spacial score (nSPS) is 12.5. The predicted octanol–water partition coefficient (Wildman–Crippen LogP) is 8.94. The van der Waals surface area contributed by atoms with Gasteiger partial charge in [-0.25, -0.2) is 0 Å². The van der Waals surface area contributed by atoms with Gasteiger partial charge >= 0.3 is 48.9 Å². The molecule has 0 unspecified atom stereocenters. The van der Waals surface area contributed by atoms with Crippen molar-refractivity contribution >= 4 is 60.8 Å². The van der Waals surface area contributed by atoms with Crippen molar-refractivity contribution in [1.29, 1.82) is 0 Å². The number of carboxylic acids is 2. The molecule has 0 aliphatic carbocycles. The Labute approximate surface area is 316 Å². The number of carbonyl (C=O) groups is 2. The first-order chi connectivity index (χ1) is 21.5. The van der Waals surface area contributed by atoms with E-state index in [4.69, 9.17) is 0 Å². The minimum Gasteiger partial charge on any atom is -0.545 e. The van der Waals surface area contributed by atoms with E-state index in [0.29, 0.717) is 0 Å². The number of rotatable bonds is 26. The zero-order valence-electron chi connectivity index (χ0n) is 28.2.